The number of halogens is 1. The molecule has 0 heterocycles. The second-order valence-electron chi connectivity index (χ2n) is 4.30. The molecule has 0 unspecified atom stereocenters. The maximum absolute atomic E-state index is 12.4. The zero-order valence-electron chi connectivity index (χ0n) is 10.0. The van der Waals surface area contributed by atoms with Crippen molar-refractivity contribution in [3.05, 3.63) is 23.8 Å². The Kier molecular flexibility index (Phi) is 3.55. The summed E-state index contributed by atoms with van der Waals surface area (Å²) in [6.07, 6.45) is 2.90. The third-order valence-corrected chi connectivity index (χ3v) is 4.37. The standard InChI is InChI=1S/C11H16ClNO3S/c1-16-11(14)6-8-4-5-9(13)7-10(8)17(2,3,12)15/h4-5,7H,6,13H2,1-3H3. The van der Waals surface area contributed by atoms with Crippen LogP contribution in [0, 0.1) is 0 Å². The summed E-state index contributed by atoms with van der Waals surface area (Å²) < 4.78 is 17.0. The van der Waals surface area contributed by atoms with Crippen molar-refractivity contribution in [1.82, 2.24) is 0 Å². The number of hydrogen-bond acceptors (Lipinski definition) is 4. The van der Waals surface area contributed by atoms with Gasteiger partial charge in [0.25, 0.3) is 0 Å². The van der Waals surface area contributed by atoms with Crippen LogP contribution in [0.25, 0.3) is 0 Å². The van der Waals surface area contributed by atoms with Gasteiger partial charge in [0.05, 0.1) is 13.5 Å². The molecule has 0 radical (unpaired) electrons. The van der Waals surface area contributed by atoms with Gasteiger partial charge in [-0.1, -0.05) is 6.07 Å². The van der Waals surface area contributed by atoms with Gasteiger partial charge >= 0.3 is 5.97 Å². The molecular formula is C11H16ClNO3S. The van der Waals surface area contributed by atoms with E-state index < -0.39 is 14.2 Å². The number of methoxy groups -OCH3 is 1. The summed E-state index contributed by atoms with van der Waals surface area (Å²) in [5.74, 6) is -0.413. The maximum atomic E-state index is 12.4. The minimum Gasteiger partial charge on any atom is -0.469 e. The normalized spacial score (nSPS) is 13.8. The van der Waals surface area contributed by atoms with Gasteiger partial charge in [0, 0.05) is 23.1 Å². The van der Waals surface area contributed by atoms with Gasteiger partial charge in [-0.15, -0.1) is 0 Å². The highest BCUT2D eigenvalue weighted by atomic mass is 35.7. The van der Waals surface area contributed by atoms with Crippen LogP contribution >= 0.6 is 10.7 Å². The molecule has 0 bridgehead atoms. The summed E-state index contributed by atoms with van der Waals surface area (Å²) in [6, 6.07) is 4.82. The van der Waals surface area contributed by atoms with Gasteiger partial charge in [-0.05, 0) is 36.7 Å². The number of benzene rings is 1. The summed E-state index contributed by atoms with van der Waals surface area (Å²) in [5.41, 5.74) is 6.68. The summed E-state index contributed by atoms with van der Waals surface area (Å²) in [5, 5.41) is 0. The number of hydrogen-bond donors (Lipinski definition) is 1. The number of ether oxygens (including phenoxy) is 1. The Balaban J connectivity index is 3.33. The molecule has 4 nitrogen and oxygen atoms in total. The lowest BCUT2D eigenvalue weighted by Gasteiger charge is -2.28. The molecule has 0 spiro atoms. The smallest absolute Gasteiger partial charge is 0.310 e. The van der Waals surface area contributed by atoms with Crippen molar-refractivity contribution in [2.45, 2.75) is 11.3 Å². The number of esters is 1. The Hall–Kier alpha value is -1.07. The Bertz CT molecular complexity index is 510. The molecule has 0 saturated heterocycles. The molecule has 6 heteroatoms. The first-order valence-corrected chi connectivity index (χ1v) is 8.50. The van der Waals surface area contributed by atoms with Crippen molar-refractivity contribution in [3.63, 3.8) is 0 Å². The molecule has 0 amide bonds. The van der Waals surface area contributed by atoms with E-state index in [0.717, 1.165) is 0 Å². The second-order valence-corrected chi connectivity index (χ2v) is 10.8. The van der Waals surface area contributed by atoms with E-state index in [-0.39, 0.29) is 6.42 Å². The van der Waals surface area contributed by atoms with Gasteiger partial charge in [-0.25, -0.2) is 0 Å². The van der Waals surface area contributed by atoms with Crippen LogP contribution in [0.3, 0.4) is 0 Å². The molecule has 17 heavy (non-hydrogen) atoms. The maximum Gasteiger partial charge on any atom is 0.310 e. The highest BCUT2D eigenvalue weighted by Gasteiger charge is 2.28. The fourth-order valence-corrected chi connectivity index (χ4v) is 3.24. The first-order valence-electron chi connectivity index (χ1n) is 4.89. The van der Waals surface area contributed by atoms with Crippen molar-refractivity contribution >= 4 is 30.6 Å². The van der Waals surface area contributed by atoms with E-state index in [9.17, 15) is 9.00 Å². The molecular weight excluding hydrogens is 262 g/mol. The van der Waals surface area contributed by atoms with Crippen LogP contribution in [-0.4, -0.2) is 29.8 Å². The summed E-state index contributed by atoms with van der Waals surface area (Å²) in [4.78, 5) is 11.7. The molecule has 2 N–H and O–H groups in total. The van der Waals surface area contributed by atoms with Crippen molar-refractivity contribution < 1.29 is 13.7 Å². The van der Waals surface area contributed by atoms with Crippen LogP contribution in [0.1, 0.15) is 5.56 Å². The molecule has 0 aromatic heterocycles. The van der Waals surface area contributed by atoms with E-state index in [1.54, 1.807) is 18.2 Å². The van der Waals surface area contributed by atoms with Gasteiger partial charge in [0.2, 0.25) is 0 Å². The number of nitrogens with two attached hydrogens (primary N) is 1. The van der Waals surface area contributed by atoms with Crippen molar-refractivity contribution in [2.24, 2.45) is 0 Å². The molecule has 1 aromatic rings. The SMILES string of the molecule is COC(=O)Cc1ccc(N)cc1S(C)(C)(=O)Cl. The first kappa shape index (κ1) is 14.0. The van der Waals surface area contributed by atoms with E-state index in [2.05, 4.69) is 4.74 Å². The van der Waals surface area contributed by atoms with Crippen molar-refractivity contribution in [2.75, 3.05) is 25.4 Å². The van der Waals surface area contributed by atoms with Gasteiger partial charge in [-0.3, -0.25) is 9.00 Å². The predicted molar refractivity (Wildman–Crippen MR) is 70.7 cm³/mol. The molecule has 96 valence electrons. The first-order chi connectivity index (χ1) is 7.60. The highest BCUT2D eigenvalue weighted by Crippen LogP contribution is 2.37. The Morgan fingerprint density at radius 1 is 1.47 bits per heavy atom. The van der Waals surface area contributed by atoms with E-state index in [4.69, 9.17) is 16.4 Å². The number of carbonyl (C=O) groups is 1. The van der Waals surface area contributed by atoms with Gasteiger partial charge < -0.3 is 10.5 Å². The minimum absolute atomic E-state index is 0.0229. The zero-order chi connectivity index (χ0) is 13.3. The Labute approximate surface area is 105 Å². The molecule has 0 aliphatic carbocycles. The second kappa shape index (κ2) is 4.31. The fourth-order valence-electron chi connectivity index (χ4n) is 1.47. The minimum atomic E-state index is -3.47. The van der Waals surface area contributed by atoms with Crippen LogP contribution in [0.2, 0.25) is 0 Å². The molecule has 0 aliphatic heterocycles. The lowest BCUT2D eigenvalue weighted by atomic mass is 10.1. The Morgan fingerprint density at radius 2 is 2.06 bits per heavy atom. The van der Waals surface area contributed by atoms with Crippen LogP contribution < -0.4 is 5.73 Å². The predicted octanol–water partition coefficient (Wildman–Crippen LogP) is 1.58. The third kappa shape index (κ3) is 3.71. The number of anilines is 1. The van der Waals surface area contributed by atoms with Crippen LogP contribution in [0.4, 0.5) is 5.69 Å². The van der Waals surface area contributed by atoms with Crippen LogP contribution in [-0.2, 0) is 24.2 Å². The molecule has 0 fully saturated rings. The number of nitrogen functional groups attached to an aromatic ring is 1. The fraction of sp³-hybridized carbons (Fsp3) is 0.364. The molecule has 0 atom stereocenters. The summed E-state index contributed by atoms with van der Waals surface area (Å²) in [7, 11) is 3.89. The van der Waals surface area contributed by atoms with E-state index in [0.29, 0.717) is 16.1 Å². The molecule has 1 rings (SSSR count). The lowest BCUT2D eigenvalue weighted by molar-refractivity contribution is -0.139. The largest absolute Gasteiger partial charge is 0.469 e. The average Bonchev–Trinajstić information content (AvgIpc) is 2.18. The molecule has 0 saturated carbocycles. The van der Waals surface area contributed by atoms with E-state index in [1.165, 1.54) is 19.6 Å². The molecule has 0 aliphatic rings. The average molecular weight is 278 g/mol. The quantitative estimate of drug-likeness (QED) is 0.517. The third-order valence-electron chi connectivity index (χ3n) is 2.27. The lowest BCUT2D eigenvalue weighted by Crippen LogP contribution is -2.24. The van der Waals surface area contributed by atoms with Crippen molar-refractivity contribution in [1.29, 1.82) is 0 Å². The zero-order valence-corrected chi connectivity index (χ0v) is 11.6. The van der Waals surface area contributed by atoms with Crippen LogP contribution in [0.5, 0.6) is 0 Å². The van der Waals surface area contributed by atoms with E-state index >= 15 is 0 Å². The van der Waals surface area contributed by atoms with Crippen molar-refractivity contribution in [3.8, 4) is 0 Å². The topological polar surface area (TPSA) is 69.4 Å². The summed E-state index contributed by atoms with van der Waals surface area (Å²) in [6.45, 7) is 0. The van der Waals surface area contributed by atoms with Crippen LogP contribution in [0.15, 0.2) is 23.1 Å². The number of rotatable bonds is 3. The van der Waals surface area contributed by atoms with Gasteiger partial charge in [0.15, 0.2) is 0 Å². The monoisotopic (exact) mass is 277 g/mol. The molecule has 1 aromatic carbocycles. The highest BCUT2D eigenvalue weighted by molar-refractivity contribution is 8.37. The van der Waals surface area contributed by atoms with E-state index in [1.807, 2.05) is 0 Å². The van der Waals surface area contributed by atoms with Gasteiger partial charge in [-0.2, -0.15) is 0 Å². The van der Waals surface area contributed by atoms with Gasteiger partial charge in [0.1, 0.15) is 0 Å². The number of carbonyl (C=O) groups excluding carboxylic acids is 1. The summed E-state index contributed by atoms with van der Waals surface area (Å²) >= 11 is 0. The Morgan fingerprint density at radius 3 is 2.53 bits per heavy atom.